The average molecular weight is 426 g/mol. The maximum Gasteiger partial charge on any atom is 0.267 e. The summed E-state index contributed by atoms with van der Waals surface area (Å²) in [5.41, 5.74) is 0.483. The molecule has 8 nitrogen and oxygen atoms in total. The summed E-state index contributed by atoms with van der Waals surface area (Å²) in [5.74, 6) is 1.08. The van der Waals surface area contributed by atoms with Crippen molar-refractivity contribution in [2.24, 2.45) is 0 Å². The summed E-state index contributed by atoms with van der Waals surface area (Å²) in [6, 6.07) is 11.1. The van der Waals surface area contributed by atoms with Crippen molar-refractivity contribution in [2.45, 2.75) is 12.5 Å². The van der Waals surface area contributed by atoms with Crippen LogP contribution in [0.15, 0.2) is 35.7 Å². The normalized spacial score (nSPS) is 18.5. The molecule has 30 heavy (non-hydrogen) atoms. The van der Waals surface area contributed by atoms with Gasteiger partial charge in [0.05, 0.1) is 5.56 Å². The van der Waals surface area contributed by atoms with Crippen LogP contribution < -0.4 is 14.8 Å². The average Bonchev–Trinajstić information content (AvgIpc) is 3.24. The zero-order valence-electron chi connectivity index (χ0n) is 16.4. The Morgan fingerprint density at radius 2 is 1.93 bits per heavy atom. The minimum Gasteiger partial charge on any atom is -0.485 e. The third-order valence-electron chi connectivity index (χ3n) is 5.16. The SMILES string of the molecule is N#Cc1ccsc1NC(=O)CCN1CCN(C(=O)C2COc3ccccc3O2)CC1. The maximum absolute atomic E-state index is 12.8. The predicted octanol–water partition coefficient (Wildman–Crippen LogP) is 1.93. The van der Waals surface area contributed by atoms with Gasteiger partial charge >= 0.3 is 0 Å². The summed E-state index contributed by atoms with van der Waals surface area (Å²) < 4.78 is 11.5. The first kappa shape index (κ1) is 20.2. The topological polar surface area (TPSA) is 94.9 Å². The molecule has 0 radical (unpaired) electrons. The minimum absolute atomic E-state index is 0.0661. The standard InChI is InChI=1S/C21H22N4O4S/c22-13-15-6-12-30-20(15)23-19(26)5-7-24-8-10-25(11-9-24)21(27)18-14-28-16-3-1-2-4-17(16)29-18/h1-4,6,12,18H,5,7-11,14H2,(H,23,26). The van der Waals surface area contributed by atoms with Gasteiger partial charge in [0.15, 0.2) is 11.5 Å². The van der Waals surface area contributed by atoms with Crippen LogP contribution in [0.25, 0.3) is 0 Å². The number of fused-ring (bicyclic) bond motifs is 1. The number of carbonyl (C=O) groups excluding carboxylic acids is 2. The van der Waals surface area contributed by atoms with Gasteiger partial charge in [0.1, 0.15) is 17.7 Å². The number of rotatable bonds is 5. The molecule has 2 amide bonds. The van der Waals surface area contributed by atoms with Gasteiger partial charge in [0.25, 0.3) is 5.91 Å². The summed E-state index contributed by atoms with van der Waals surface area (Å²) >= 11 is 1.34. The van der Waals surface area contributed by atoms with Gasteiger partial charge in [-0.3, -0.25) is 14.5 Å². The van der Waals surface area contributed by atoms with E-state index in [0.717, 1.165) is 0 Å². The number of nitrogens with one attached hydrogen (secondary N) is 1. The van der Waals surface area contributed by atoms with E-state index in [4.69, 9.17) is 14.7 Å². The number of benzene rings is 1. The van der Waals surface area contributed by atoms with Crippen molar-refractivity contribution < 1.29 is 19.1 Å². The Balaban J connectivity index is 1.21. The molecule has 2 aliphatic heterocycles. The van der Waals surface area contributed by atoms with E-state index in [-0.39, 0.29) is 18.4 Å². The van der Waals surface area contributed by atoms with Crippen molar-refractivity contribution in [1.29, 1.82) is 5.26 Å². The van der Waals surface area contributed by atoms with E-state index in [9.17, 15) is 9.59 Å². The van der Waals surface area contributed by atoms with Crippen LogP contribution in [0.5, 0.6) is 11.5 Å². The molecule has 1 saturated heterocycles. The van der Waals surface area contributed by atoms with Gasteiger partial charge in [-0.05, 0) is 23.6 Å². The molecule has 4 rings (SSSR count). The lowest BCUT2D eigenvalue weighted by molar-refractivity contribution is -0.143. The molecule has 0 spiro atoms. The third-order valence-corrected chi connectivity index (χ3v) is 5.99. The van der Waals surface area contributed by atoms with Crippen LogP contribution in [0.2, 0.25) is 0 Å². The lowest BCUT2D eigenvalue weighted by Gasteiger charge is -2.37. The van der Waals surface area contributed by atoms with Crippen molar-refractivity contribution in [3.05, 3.63) is 41.3 Å². The zero-order chi connectivity index (χ0) is 20.9. The van der Waals surface area contributed by atoms with Crippen LogP contribution in [-0.2, 0) is 9.59 Å². The fourth-order valence-corrected chi connectivity index (χ4v) is 4.23. The van der Waals surface area contributed by atoms with Crippen molar-refractivity contribution in [3.63, 3.8) is 0 Å². The van der Waals surface area contributed by atoms with Crippen LogP contribution in [-0.4, -0.2) is 67.0 Å². The van der Waals surface area contributed by atoms with E-state index < -0.39 is 6.10 Å². The van der Waals surface area contributed by atoms with Crippen LogP contribution >= 0.6 is 11.3 Å². The summed E-state index contributed by atoms with van der Waals surface area (Å²) in [4.78, 5) is 28.9. The lowest BCUT2D eigenvalue weighted by atomic mass is 10.2. The van der Waals surface area contributed by atoms with Crippen molar-refractivity contribution in [2.75, 3.05) is 44.6 Å². The second-order valence-corrected chi connectivity index (χ2v) is 8.02. The number of nitrogens with zero attached hydrogens (tertiary/aromatic N) is 3. The molecule has 1 aromatic carbocycles. The van der Waals surface area contributed by atoms with E-state index in [1.54, 1.807) is 22.4 Å². The number of hydrogen-bond donors (Lipinski definition) is 1. The highest BCUT2D eigenvalue weighted by Crippen LogP contribution is 2.31. The number of piperazine rings is 1. The Kier molecular flexibility index (Phi) is 6.16. The molecule has 3 heterocycles. The van der Waals surface area contributed by atoms with Crippen LogP contribution in [0, 0.1) is 11.3 Å². The Hall–Kier alpha value is -3.09. The number of nitriles is 1. The highest BCUT2D eigenvalue weighted by molar-refractivity contribution is 7.14. The number of thiophene rings is 1. The molecular weight excluding hydrogens is 404 g/mol. The summed E-state index contributed by atoms with van der Waals surface area (Å²) in [6.45, 7) is 3.40. The van der Waals surface area contributed by atoms with E-state index in [1.165, 1.54) is 11.3 Å². The molecule has 1 N–H and O–H groups in total. The van der Waals surface area contributed by atoms with E-state index in [2.05, 4.69) is 16.3 Å². The Bertz CT molecular complexity index is 962. The highest BCUT2D eigenvalue weighted by atomic mass is 32.1. The molecule has 1 aromatic heterocycles. The molecule has 1 unspecified atom stereocenters. The molecule has 2 aromatic rings. The monoisotopic (exact) mass is 426 g/mol. The largest absolute Gasteiger partial charge is 0.485 e. The second-order valence-electron chi connectivity index (χ2n) is 7.10. The number of carbonyl (C=O) groups is 2. The Labute approximate surface area is 178 Å². The highest BCUT2D eigenvalue weighted by Gasteiger charge is 2.32. The van der Waals surface area contributed by atoms with Gasteiger partial charge in [-0.1, -0.05) is 12.1 Å². The van der Waals surface area contributed by atoms with Gasteiger partial charge in [0, 0.05) is 39.1 Å². The van der Waals surface area contributed by atoms with Gasteiger partial charge < -0.3 is 19.7 Å². The van der Waals surface area contributed by atoms with Crippen molar-refractivity contribution >= 4 is 28.2 Å². The molecule has 0 saturated carbocycles. The molecular formula is C21H22N4O4S. The van der Waals surface area contributed by atoms with Crippen molar-refractivity contribution in [1.82, 2.24) is 9.80 Å². The summed E-state index contributed by atoms with van der Waals surface area (Å²) in [7, 11) is 0. The van der Waals surface area contributed by atoms with E-state index in [0.29, 0.717) is 61.2 Å². The Morgan fingerprint density at radius 3 is 2.70 bits per heavy atom. The predicted molar refractivity (Wildman–Crippen MR) is 112 cm³/mol. The number of para-hydroxylation sites is 2. The molecule has 156 valence electrons. The molecule has 9 heteroatoms. The smallest absolute Gasteiger partial charge is 0.267 e. The van der Waals surface area contributed by atoms with Crippen LogP contribution in [0.4, 0.5) is 5.00 Å². The minimum atomic E-state index is -0.627. The van der Waals surface area contributed by atoms with Crippen LogP contribution in [0.1, 0.15) is 12.0 Å². The van der Waals surface area contributed by atoms with Gasteiger partial charge in [-0.2, -0.15) is 5.26 Å². The number of ether oxygens (including phenoxy) is 2. The summed E-state index contributed by atoms with van der Waals surface area (Å²) in [6.07, 6.45) is -0.287. The molecule has 2 aliphatic rings. The van der Waals surface area contributed by atoms with Gasteiger partial charge in [0.2, 0.25) is 12.0 Å². The Morgan fingerprint density at radius 1 is 1.17 bits per heavy atom. The fourth-order valence-electron chi connectivity index (χ4n) is 3.48. The first-order valence-corrected chi connectivity index (χ1v) is 10.7. The quantitative estimate of drug-likeness (QED) is 0.785. The molecule has 0 bridgehead atoms. The molecule has 1 fully saturated rings. The third kappa shape index (κ3) is 4.56. The number of hydrogen-bond acceptors (Lipinski definition) is 7. The van der Waals surface area contributed by atoms with Crippen molar-refractivity contribution in [3.8, 4) is 17.6 Å². The van der Waals surface area contributed by atoms with E-state index >= 15 is 0 Å². The number of amides is 2. The fraction of sp³-hybridized carbons (Fsp3) is 0.381. The molecule has 0 aliphatic carbocycles. The van der Waals surface area contributed by atoms with Gasteiger partial charge in [-0.15, -0.1) is 11.3 Å². The lowest BCUT2D eigenvalue weighted by Crippen LogP contribution is -2.54. The number of anilines is 1. The summed E-state index contributed by atoms with van der Waals surface area (Å²) in [5, 5.41) is 14.2. The maximum atomic E-state index is 12.8. The van der Waals surface area contributed by atoms with Gasteiger partial charge in [-0.25, -0.2) is 0 Å². The van der Waals surface area contributed by atoms with E-state index in [1.807, 2.05) is 18.2 Å². The van der Waals surface area contributed by atoms with Crippen LogP contribution in [0.3, 0.4) is 0 Å². The second kappa shape index (κ2) is 9.15. The first-order chi connectivity index (χ1) is 14.6. The zero-order valence-corrected chi connectivity index (χ0v) is 17.2. The molecule has 1 atom stereocenters. The first-order valence-electron chi connectivity index (χ1n) is 9.81.